The van der Waals surface area contributed by atoms with Crippen molar-refractivity contribution >= 4 is 23.8 Å². The lowest BCUT2D eigenvalue weighted by Crippen LogP contribution is -2.74. The van der Waals surface area contributed by atoms with Gasteiger partial charge in [0, 0.05) is 13.7 Å². The predicted octanol–water partition coefficient (Wildman–Crippen LogP) is -0.116. The molecule has 2 saturated heterocycles. The monoisotopic (exact) mass is 394 g/mol. The summed E-state index contributed by atoms with van der Waals surface area (Å²) in [5.41, 5.74) is -1.36. The number of nitrogens with zero attached hydrogens (tertiary/aromatic N) is 2. The van der Waals surface area contributed by atoms with Gasteiger partial charge in [-0.05, 0) is 32.3 Å². The van der Waals surface area contributed by atoms with E-state index in [1.807, 2.05) is 0 Å². The zero-order chi connectivity index (χ0) is 20.6. The highest BCUT2D eigenvalue weighted by atomic mass is 16.5. The minimum Gasteiger partial charge on any atom is -0.469 e. The Hall–Kier alpha value is -2.42. The summed E-state index contributed by atoms with van der Waals surface area (Å²) < 4.78 is 15.3. The number of ether oxygens (including phenoxy) is 3. The van der Waals surface area contributed by atoms with E-state index in [0.717, 1.165) is 0 Å². The van der Waals surface area contributed by atoms with Crippen molar-refractivity contribution in [2.24, 2.45) is 5.92 Å². The fourth-order valence-electron chi connectivity index (χ4n) is 4.76. The minimum absolute atomic E-state index is 0.0472. The average molecular weight is 394 g/mol. The summed E-state index contributed by atoms with van der Waals surface area (Å²) in [6.45, 7) is 2.06. The van der Waals surface area contributed by atoms with Gasteiger partial charge in [-0.1, -0.05) is 6.08 Å². The number of allylic oxidation sites excluding steroid dienone is 1. The third-order valence-electron chi connectivity index (χ3n) is 6.06. The molecular formula is C19H26N2O7. The van der Waals surface area contributed by atoms with Gasteiger partial charge >= 0.3 is 11.9 Å². The van der Waals surface area contributed by atoms with Crippen LogP contribution in [0.1, 0.15) is 26.2 Å². The summed E-state index contributed by atoms with van der Waals surface area (Å²) >= 11 is 0. The van der Waals surface area contributed by atoms with Crippen LogP contribution in [0.4, 0.5) is 0 Å². The van der Waals surface area contributed by atoms with Gasteiger partial charge in [0.25, 0.3) is 5.91 Å². The van der Waals surface area contributed by atoms with Crippen LogP contribution in [-0.2, 0) is 33.4 Å². The summed E-state index contributed by atoms with van der Waals surface area (Å²) in [6, 6.07) is -1.29. The van der Waals surface area contributed by atoms with Gasteiger partial charge in [0.2, 0.25) is 5.91 Å². The summed E-state index contributed by atoms with van der Waals surface area (Å²) in [6.07, 6.45) is 3.72. The molecule has 0 unspecified atom stereocenters. The van der Waals surface area contributed by atoms with Gasteiger partial charge in [0.1, 0.15) is 5.54 Å². The van der Waals surface area contributed by atoms with Gasteiger partial charge in [-0.3, -0.25) is 14.4 Å². The summed E-state index contributed by atoms with van der Waals surface area (Å²) in [5.74, 6) is -2.52. The van der Waals surface area contributed by atoms with Gasteiger partial charge in [0.15, 0.2) is 6.10 Å². The van der Waals surface area contributed by atoms with Crippen molar-refractivity contribution in [1.82, 2.24) is 9.80 Å². The van der Waals surface area contributed by atoms with Crippen LogP contribution in [0, 0.1) is 5.92 Å². The van der Waals surface area contributed by atoms with E-state index in [-0.39, 0.29) is 12.3 Å². The summed E-state index contributed by atoms with van der Waals surface area (Å²) in [5, 5.41) is 0. The second-order valence-corrected chi connectivity index (χ2v) is 7.52. The number of methoxy groups -OCH3 is 3. The fraction of sp³-hybridized carbons (Fsp3) is 0.684. The smallest absolute Gasteiger partial charge is 0.331 e. The van der Waals surface area contributed by atoms with Crippen molar-refractivity contribution in [1.29, 1.82) is 0 Å². The Labute approximate surface area is 163 Å². The molecule has 0 spiro atoms. The van der Waals surface area contributed by atoms with E-state index < -0.39 is 47.5 Å². The number of fused-ring (bicyclic) bond motifs is 3. The quantitative estimate of drug-likeness (QED) is 0.486. The van der Waals surface area contributed by atoms with E-state index in [4.69, 9.17) is 14.2 Å². The van der Waals surface area contributed by atoms with Crippen molar-refractivity contribution < 1.29 is 33.4 Å². The molecule has 0 aromatic rings. The van der Waals surface area contributed by atoms with Crippen molar-refractivity contribution in [3.8, 4) is 0 Å². The minimum atomic E-state index is -1.36. The molecule has 0 bridgehead atoms. The van der Waals surface area contributed by atoms with Crippen LogP contribution >= 0.6 is 0 Å². The molecule has 0 radical (unpaired) electrons. The molecule has 0 aliphatic carbocycles. The number of carbonyl (C=O) groups is 4. The summed E-state index contributed by atoms with van der Waals surface area (Å²) in [4.78, 5) is 53.9. The molecule has 2 amide bonds. The number of hydrogen-bond acceptors (Lipinski definition) is 7. The van der Waals surface area contributed by atoms with Crippen LogP contribution in [0.5, 0.6) is 0 Å². The van der Waals surface area contributed by atoms with Crippen molar-refractivity contribution in [2.75, 3.05) is 27.9 Å². The number of esters is 2. The first-order valence-corrected chi connectivity index (χ1v) is 9.31. The molecule has 0 aromatic heterocycles. The Kier molecular flexibility index (Phi) is 5.47. The van der Waals surface area contributed by atoms with Crippen molar-refractivity contribution in [2.45, 2.75) is 49.9 Å². The lowest BCUT2D eigenvalue weighted by molar-refractivity contribution is -0.183. The number of β-lactam (4-membered cyclic amide) rings is 1. The normalized spacial score (nSPS) is 36.1. The molecule has 28 heavy (non-hydrogen) atoms. The van der Waals surface area contributed by atoms with Crippen molar-refractivity contribution in [3.63, 3.8) is 0 Å². The zero-order valence-corrected chi connectivity index (χ0v) is 16.5. The van der Waals surface area contributed by atoms with Crippen LogP contribution < -0.4 is 0 Å². The highest BCUT2D eigenvalue weighted by molar-refractivity contribution is 5.97. The molecule has 0 aromatic carbocycles. The molecule has 0 saturated carbocycles. The van der Waals surface area contributed by atoms with E-state index >= 15 is 0 Å². The molecule has 0 N–H and O–H groups in total. The maximum atomic E-state index is 13.1. The molecular weight excluding hydrogens is 368 g/mol. The lowest BCUT2D eigenvalue weighted by atomic mass is 9.82. The van der Waals surface area contributed by atoms with E-state index in [1.54, 1.807) is 17.9 Å². The van der Waals surface area contributed by atoms with E-state index in [0.29, 0.717) is 19.4 Å². The SMILES string of the molecule is COC(=O)[C@H]1C[C@@](C)(C(=O)OC)N2C(=O)/C=C\CCCN3C(=O)[C@H](OC)[C@@H]3[C@@H]12. The van der Waals surface area contributed by atoms with Crippen molar-refractivity contribution in [3.05, 3.63) is 12.2 Å². The first-order chi connectivity index (χ1) is 13.3. The molecule has 154 valence electrons. The highest BCUT2D eigenvalue weighted by Gasteiger charge is 2.65. The Morgan fingerprint density at radius 2 is 1.86 bits per heavy atom. The van der Waals surface area contributed by atoms with Gasteiger partial charge < -0.3 is 24.0 Å². The molecule has 9 heteroatoms. The zero-order valence-electron chi connectivity index (χ0n) is 16.5. The van der Waals surface area contributed by atoms with E-state index in [2.05, 4.69) is 0 Å². The molecule has 2 fully saturated rings. The van der Waals surface area contributed by atoms with Gasteiger partial charge in [0.05, 0.1) is 32.2 Å². The van der Waals surface area contributed by atoms with E-state index in [9.17, 15) is 19.2 Å². The van der Waals surface area contributed by atoms with Crippen LogP contribution in [0.2, 0.25) is 0 Å². The van der Waals surface area contributed by atoms with Crippen LogP contribution in [-0.4, -0.2) is 85.2 Å². The Balaban J connectivity index is 2.15. The first-order valence-electron chi connectivity index (χ1n) is 9.31. The Bertz CT molecular complexity index is 721. The highest BCUT2D eigenvalue weighted by Crippen LogP contribution is 2.45. The molecule has 3 aliphatic rings. The maximum Gasteiger partial charge on any atom is 0.331 e. The number of carbonyl (C=O) groups excluding carboxylic acids is 4. The largest absolute Gasteiger partial charge is 0.469 e. The second-order valence-electron chi connectivity index (χ2n) is 7.52. The molecule has 3 aliphatic heterocycles. The Morgan fingerprint density at radius 3 is 2.46 bits per heavy atom. The second kappa shape index (κ2) is 7.54. The number of hydrogen-bond donors (Lipinski definition) is 0. The average Bonchev–Trinajstić information content (AvgIpc) is 3.00. The third kappa shape index (κ3) is 2.88. The number of rotatable bonds is 3. The first kappa shape index (κ1) is 20.3. The van der Waals surface area contributed by atoms with Gasteiger partial charge in [-0.25, -0.2) is 4.79 Å². The molecule has 3 heterocycles. The van der Waals surface area contributed by atoms with Gasteiger partial charge in [-0.2, -0.15) is 0 Å². The van der Waals surface area contributed by atoms with Gasteiger partial charge in [-0.15, -0.1) is 0 Å². The van der Waals surface area contributed by atoms with Crippen LogP contribution in [0.15, 0.2) is 12.2 Å². The molecule has 9 nitrogen and oxygen atoms in total. The molecule has 5 atom stereocenters. The third-order valence-corrected chi connectivity index (χ3v) is 6.06. The number of amides is 2. The van der Waals surface area contributed by atoms with Crippen LogP contribution in [0.25, 0.3) is 0 Å². The predicted molar refractivity (Wildman–Crippen MR) is 95.9 cm³/mol. The maximum absolute atomic E-state index is 13.1. The summed E-state index contributed by atoms with van der Waals surface area (Å²) in [7, 11) is 3.93. The standard InChI is InChI=1S/C19H26N2O7/c1-19(18(25)28-4)10-11(17(24)27-3)13-14-15(26-2)16(23)20(14)9-7-5-6-8-12(22)21(13)19/h6,8,11,13-15H,5,7,9-10H2,1-4H3/b8-6-/t11-,13+,14-,15+,19-/m0/s1. The topological polar surface area (TPSA) is 102 Å². The molecule has 3 rings (SSSR count). The van der Waals surface area contributed by atoms with E-state index in [1.165, 1.54) is 32.3 Å². The van der Waals surface area contributed by atoms with Crippen LogP contribution in [0.3, 0.4) is 0 Å². The Morgan fingerprint density at radius 1 is 1.14 bits per heavy atom. The fourth-order valence-corrected chi connectivity index (χ4v) is 4.76. The lowest BCUT2D eigenvalue weighted by Gasteiger charge is -2.52.